The van der Waals surface area contributed by atoms with E-state index in [1.54, 1.807) is 24.1 Å². The molecule has 1 saturated heterocycles. The number of halogens is 1. The topological polar surface area (TPSA) is 148 Å². The Kier molecular flexibility index (Phi) is 10.1. The minimum Gasteiger partial charge on any atom is -0.385 e. The lowest BCUT2D eigenvalue weighted by Crippen LogP contribution is -2.40. The van der Waals surface area contributed by atoms with Crippen LogP contribution in [0.2, 0.25) is 0 Å². The molecule has 0 atom stereocenters. The molecule has 1 fully saturated rings. The van der Waals surface area contributed by atoms with Crippen molar-refractivity contribution in [3.8, 4) is 11.4 Å². The molecule has 5 heterocycles. The zero-order valence-electron chi connectivity index (χ0n) is 25.5. The highest BCUT2D eigenvalue weighted by molar-refractivity contribution is 6.05. The second kappa shape index (κ2) is 14.4. The lowest BCUT2D eigenvalue weighted by atomic mass is 10.2. The van der Waals surface area contributed by atoms with Crippen molar-refractivity contribution in [2.45, 2.75) is 58.5 Å². The fourth-order valence-electron chi connectivity index (χ4n) is 5.47. The maximum atomic E-state index is 13.5. The lowest BCUT2D eigenvalue weighted by molar-refractivity contribution is -0.127. The van der Waals surface area contributed by atoms with Gasteiger partial charge in [0, 0.05) is 70.8 Å². The highest BCUT2D eigenvalue weighted by atomic mass is 19.1. The summed E-state index contributed by atoms with van der Waals surface area (Å²) >= 11 is 0. The average molecular weight is 621 g/mol. The van der Waals surface area contributed by atoms with Gasteiger partial charge in [0.1, 0.15) is 17.2 Å². The smallest absolute Gasteiger partial charge is 0.332 e. The van der Waals surface area contributed by atoms with Crippen molar-refractivity contribution in [3.63, 3.8) is 0 Å². The number of hydrogen-bond acceptors (Lipinski definition) is 8. The van der Waals surface area contributed by atoms with Crippen LogP contribution < -0.4 is 16.1 Å². The summed E-state index contributed by atoms with van der Waals surface area (Å²) in [6, 6.07) is 5.87. The summed E-state index contributed by atoms with van der Waals surface area (Å²) in [6.07, 6.45) is 6.63. The second-order valence-electron chi connectivity index (χ2n) is 10.9. The van der Waals surface area contributed by atoms with Crippen molar-refractivity contribution < 1.29 is 18.7 Å². The molecule has 0 aromatic carbocycles. The molecule has 4 aromatic heterocycles. The Labute approximate surface area is 258 Å². The molecule has 14 heteroatoms. The van der Waals surface area contributed by atoms with Gasteiger partial charge in [-0.05, 0) is 56.4 Å². The van der Waals surface area contributed by atoms with Crippen molar-refractivity contribution in [3.05, 3.63) is 69.0 Å². The van der Waals surface area contributed by atoms with E-state index in [2.05, 4.69) is 19.9 Å². The number of pyridine rings is 2. The first kappa shape index (κ1) is 31.7. The van der Waals surface area contributed by atoms with E-state index in [-0.39, 0.29) is 35.7 Å². The van der Waals surface area contributed by atoms with Gasteiger partial charge < -0.3 is 14.6 Å². The van der Waals surface area contributed by atoms with Crippen LogP contribution in [0, 0.1) is 5.95 Å². The molecule has 238 valence electrons. The van der Waals surface area contributed by atoms with Crippen LogP contribution in [0.5, 0.6) is 0 Å². The molecular formula is C31H37FN8O5. The average Bonchev–Trinajstić information content (AvgIpc) is 3.68. The second-order valence-corrected chi connectivity index (χ2v) is 10.9. The van der Waals surface area contributed by atoms with E-state index in [4.69, 9.17) is 4.74 Å². The summed E-state index contributed by atoms with van der Waals surface area (Å²) in [5.41, 5.74) is 0.404. The summed E-state index contributed by atoms with van der Waals surface area (Å²) in [5.74, 6) is -0.300. The highest BCUT2D eigenvalue weighted by Gasteiger charge is 2.23. The number of H-pyrrole nitrogens is 1. The molecule has 4 aromatic rings. The molecular weight excluding hydrogens is 583 g/mol. The number of aryl methyl sites for hydroxylation is 1. The minimum absolute atomic E-state index is 0.103. The van der Waals surface area contributed by atoms with E-state index < -0.39 is 23.1 Å². The maximum Gasteiger partial charge on any atom is 0.332 e. The molecule has 0 bridgehead atoms. The zero-order chi connectivity index (χ0) is 31.9. The Hall–Kier alpha value is -4.72. The van der Waals surface area contributed by atoms with Gasteiger partial charge in [-0.3, -0.25) is 28.4 Å². The minimum atomic E-state index is -0.694. The summed E-state index contributed by atoms with van der Waals surface area (Å²) < 4.78 is 21.3. The number of anilines is 1. The largest absolute Gasteiger partial charge is 0.385 e. The van der Waals surface area contributed by atoms with Gasteiger partial charge in [-0.2, -0.15) is 4.39 Å². The third-order valence-corrected chi connectivity index (χ3v) is 7.79. The van der Waals surface area contributed by atoms with Crippen LogP contribution in [0.25, 0.3) is 22.6 Å². The van der Waals surface area contributed by atoms with Crippen molar-refractivity contribution >= 4 is 28.8 Å². The number of ether oxygens (including phenoxy) is 1. The standard InChI is InChI=1S/C31H37FN8O5/c1-3-13-40-30(43)26-28(39(31(40)44)16-4-5-18-45-2)36-27(35-26)21-10-12-24(34-19-21)38(17-7-15-37-14-6-8-25(37)41)29(42)22-9-11-23(32)33-20-22/h9-12,19-20H,3-8,13-18H2,1-2H3,(H,35,36). The third kappa shape index (κ3) is 7.00. The third-order valence-electron chi connectivity index (χ3n) is 7.79. The Morgan fingerprint density at radius 2 is 1.87 bits per heavy atom. The zero-order valence-corrected chi connectivity index (χ0v) is 25.5. The first-order chi connectivity index (χ1) is 21.8. The highest BCUT2D eigenvalue weighted by Crippen LogP contribution is 2.22. The molecule has 1 N–H and O–H groups in total. The van der Waals surface area contributed by atoms with E-state index in [1.165, 1.54) is 32.5 Å². The van der Waals surface area contributed by atoms with E-state index in [9.17, 15) is 23.6 Å². The van der Waals surface area contributed by atoms with E-state index in [0.717, 1.165) is 18.9 Å². The number of fused-ring (bicyclic) bond motifs is 1. The molecule has 0 aliphatic carbocycles. The molecule has 5 rings (SSSR count). The lowest BCUT2D eigenvalue weighted by Gasteiger charge is -2.23. The number of carbonyl (C=O) groups is 2. The molecule has 0 unspecified atom stereocenters. The van der Waals surface area contributed by atoms with Crippen molar-refractivity contribution in [1.82, 2.24) is 34.0 Å². The molecule has 0 spiro atoms. The van der Waals surface area contributed by atoms with Gasteiger partial charge in [0.25, 0.3) is 11.5 Å². The van der Waals surface area contributed by atoms with Gasteiger partial charge in [0.05, 0.1) is 5.56 Å². The number of imidazole rings is 1. The Morgan fingerprint density at radius 1 is 1.02 bits per heavy atom. The number of aromatic amines is 1. The van der Waals surface area contributed by atoms with Crippen LogP contribution in [-0.4, -0.2) is 79.1 Å². The summed E-state index contributed by atoms with van der Waals surface area (Å²) in [4.78, 5) is 71.2. The normalized spacial score (nSPS) is 13.2. The summed E-state index contributed by atoms with van der Waals surface area (Å²) in [5, 5.41) is 0. The fourth-order valence-corrected chi connectivity index (χ4v) is 5.47. The monoisotopic (exact) mass is 620 g/mol. The predicted octanol–water partition coefficient (Wildman–Crippen LogP) is 2.98. The Balaban J connectivity index is 1.44. The van der Waals surface area contributed by atoms with Crippen LogP contribution in [0.15, 0.2) is 46.2 Å². The quantitative estimate of drug-likeness (QED) is 0.167. The number of carbonyl (C=O) groups excluding carboxylic acids is 2. The van der Waals surface area contributed by atoms with Crippen LogP contribution in [-0.2, 0) is 22.6 Å². The van der Waals surface area contributed by atoms with Gasteiger partial charge >= 0.3 is 5.69 Å². The molecule has 13 nitrogen and oxygen atoms in total. The number of unbranched alkanes of at least 4 members (excludes halogenated alkanes) is 1. The number of nitrogens with zero attached hydrogens (tertiary/aromatic N) is 7. The van der Waals surface area contributed by atoms with E-state index in [0.29, 0.717) is 69.1 Å². The van der Waals surface area contributed by atoms with Crippen molar-refractivity contribution in [1.29, 1.82) is 0 Å². The SMILES string of the molecule is CCCn1c(=O)c2[nH]c(-c3ccc(N(CCCN4CCCC4=O)C(=O)c4ccc(F)nc4)nc3)nc2n(CCCCOC)c1=O. The Morgan fingerprint density at radius 3 is 2.53 bits per heavy atom. The number of likely N-dealkylation sites (tertiary alicyclic amines) is 1. The number of amides is 2. The summed E-state index contributed by atoms with van der Waals surface area (Å²) in [6.45, 7) is 4.59. The number of aromatic nitrogens is 6. The van der Waals surface area contributed by atoms with Gasteiger partial charge in [-0.15, -0.1) is 0 Å². The summed E-state index contributed by atoms with van der Waals surface area (Å²) in [7, 11) is 1.62. The first-order valence-electron chi connectivity index (χ1n) is 15.2. The fraction of sp³-hybridized carbons (Fsp3) is 0.452. The molecule has 1 aliphatic heterocycles. The maximum absolute atomic E-state index is 13.5. The van der Waals surface area contributed by atoms with Gasteiger partial charge in [0.2, 0.25) is 11.9 Å². The predicted molar refractivity (Wildman–Crippen MR) is 166 cm³/mol. The van der Waals surface area contributed by atoms with Gasteiger partial charge in [0.15, 0.2) is 5.65 Å². The number of methoxy groups -OCH3 is 1. The van der Waals surface area contributed by atoms with Crippen LogP contribution in [0.1, 0.15) is 55.8 Å². The van der Waals surface area contributed by atoms with E-state index >= 15 is 0 Å². The molecule has 0 saturated carbocycles. The molecule has 45 heavy (non-hydrogen) atoms. The Bertz CT molecular complexity index is 1760. The van der Waals surface area contributed by atoms with E-state index in [1.807, 2.05) is 6.92 Å². The van der Waals surface area contributed by atoms with Crippen LogP contribution >= 0.6 is 0 Å². The van der Waals surface area contributed by atoms with Crippen molar-refractivity contribution in [2.24, 2.45) is 0 Å². The van der Waals surface area contributed by atoms with Gasteiger partial charge in [-0.25, -0.2) is 19.7 Å². The van der Waals surface area contributed by atoms with Gasteiger partial charge in [-0.1, -0.05) is 6.92 Å². The molecule has 0 radical (unpaired) electrons. The molecule has 1 aliphatic rings. The molecule has 2 amide bonds. The first-order valence-corrected chi connectivity index (χ1v) is 15.2. The van der Waals surface area contributed by atoms with Crippen LogP contribution in [0.4, 0.5) is 10.2 Å². The number of nitrogens with one attached hydrogen (secondary N) is 1. The van der Waals surface area contributed by atoms with Crippen molar-refractivity contribution in [2.75, 3.05) is 38.3 Å². The number of rotatable bonds is 14. The number of hydrogen-bond donors (Lipinski definition) is 1. The van der Waals surface area contributed by atoms with Crippen LogP contribution in [0.3, 0.4) is 0 Å².